The molecule has 1 aromatic carbocycles. The van der Waals surface area contributed by atoms with Gasteiger partial charge in [0.25, 0.3) is 0 Å². The minimum absolute atomic E-state index is 0.419. The van der Waals surface area contributed by atoms with E-state index in [1.54, 1.807) is 13.0 Å². The molecule has 0 saturated carbocycles. The molecule has 0 radical (unpaired) electrons. The van der Waals surface area contributed by atoms with Crippen molar-refractivity contribution in [3.8, 4) is 5.75 Å². The number of aliphatic carboxylic acids is 1. The van der Waals surface area contributed by atoms with Crippen LogP contribution in [0, 0.1) is 5.41 Å². The van der Waals surface area contributed by atoms with Gasteiger partial charge >= 0.3 is 5.97 Å². The molecule has 0 aromatic heterocycles. The number of nitrogens with zero attached hydrogens (tertiary/aromatic N) is 1. The van der Waals surface area contributed by atoms with Crippen molar-refractivity contribution in [2.24, 2.45) is 5.41 Å². The van der Waals surface area contributed by atoms with Gasteiger partial charge in [-0.25, -0.2) is 0 Å². The predicted octanol–water partition coefficient (Wildman–Crippen LogP) is 3.20. The number of hydrogen-bond donors (Lipinski definition) is 1. The molecule has 21 heavy (non-hydrogen) atoms. The molecule has 1 heterocycles. The summed E-state index contributed by atoms with van der Waals surface area (Å²) in [5.41, 5.74) is 0.414. The Labute approximate surface area is 130 Å². The van der Waals surface area contributed by atoms with Gasteiger partial charge in [-0.15, -0.1) is 0 Å². The van der Waals surface area contributed by atoms with E-state index in [9.17, 15) is 9.90 Å². The van der Waals surface area contributed by atoms with Gasteiger partial charge in [0.1, 0.15) is 12.4 Å². The number of hydrogen-bond acceptors (Lipinski definition) is 3. The molecule has 1 aliphatic heterocycles. The summed E-state index contributed by atoms with van der Waals surface area (Å²) < 4.78 is 5.43. The van der Waals surface area contributed by atoms with Crippen LogP contribution in [-0.4, -0.2) is 35.7 Å². The van der Waals surface area contributed by atoms with Crippen molar-refractivity contribution in [2.45, 2.75) is 19.9 Å². The van der Waals surface area contributed by atoms with Crippen LogP contribution in [0.3, 0.4) is 0 Å². The van der Waals surface area contributed by atoms with Gasteiger partial charge in [-0.1, -0.05) is 30.3 Å². The summed E-state index contributed by atoms with van der Waals surface area (Å²) in [4.78, 5) is 13.4. The van der Waals surface area contributed by atoms with Crippen molar-refractivity contribution < 1.29 is 14.6 Å². The van der Waals surface area contributed by atoms with Crippen molar-refractivity contribution in [1.29, 1.82) is 0 Å². The maximum absolute atomic E-state index is 11.2. The van der Waals surface area contributed by atoms with Gasteiger partial charge in [-0.2, -0.15) is 0 Å². The molecule has 0 aliphatic carbocycles. The standard InChI is InChI=1S/C16H20ClNO3/c1-3-8-21-14-5-4-12(9-13(14)17)10-18-7-6-16(2,11-18)15(19)20/h3-5,9H,1,6-8,10-11H2,2H3,(H,19,20). The molecule has 1 saturated heterocycles. The Morgan fingerprint density at radius 3 is 2.95 bits per heavy atom. The average molecular weight is 310 g/mol. The Kier molecular flexibility index (Phi) is 4.91. The second kappa shape index (κ2) is 6.50. The number of rotatable bonds is 6. The Morgan fingerprint density at radius 2 is 2.38 bits per heavy atom. The maximum atomic E-state index is 11.2. The molecule has 1 aliphatic rings. The Balaban J connectivity index is 2.00. The highest BCUT2D eigenvalue weighted by Crippen LogP contribution is 2.32. The third-order valence-corrected chi connectivity index (χ3v) is 4.12. The quantitative estimate of drug-likeness (QED) is 0.820. The molecular formula is C16H20ClNO3. The highest BCUT2D eigenvalue weighted by atomic mass is 35.5. The lowest BCUT2D eigenvalue weighted by molar-refractivity contribution is -0.147. The molecule has 0 spiro atoms. The van der Waals surface area contributed by atoms with Crippen LogP contribution < -0.4 is 4.74 Å². The first-order chi connectivity index (χ1) is 9.94. The number of halogens is 1. The SMILES string of the molecule is C=CCOc1ccc(CN2CCC(C)(C(=O)O)C2)cc1Cl. The molecule has 4 nitrogen and oxygen atoms in total. The average Bonchev–Trinajstić information content (AvgIpc) is 2.81. The van der Waals surface area contributed by atoms with Crippen molar-refractivity contribution in [1.82, 2.24) is 4.90 Å². The first kappa shape index (κ1) is 15.9. The van der Waals surface area contributed by atoms with Gasteiger partial charge in [0.15, 0.2) is 0 Å². The molecule has 0 amide bonds. The summed E-state index contributed by atoms with van der Waals surface area (Å²) in [7, 11) is 0. The van der Waals surface area contributed by atoms with E-state index >= 15 is 0 Å². The van der Waals surface area contributed by atoms with Gasteiger partial charge in [-0.3, -0.25) is 9.69 Å². The second-order valence-electron chi connectivity index (χ2n) is 5.69. The Bertz CT molecular complexity index is 546. The van der Waals surface area contributed by atoms with Gasteiger partial charge in [0, 0.05) is 13.1 Å². The maximum Gasteiger partial charge on any atom is 0.310 e. The third kappa shape index (κ3) is 3.77. The van der Waals surface area contributed by atoms with Crippen molar-refractivity contribution in [3.63, 3.8) is 0 Å². The van der Waals surface area contributed by atoms with Gasteiger partial charge in [0.05, 0.1) is 10.4 Å². The number of benzene rings is 1. The fraction of sp³-hybridized carbons (Fsp3) is 0.438. The zero-order valence-electron chi connectivity index (χ0n) is 12.1. The van der Waals surface area contributed by atoms with E-state index in [0.717, 1.165) is 12.1 Å². The lowest BCUT2D eigenvalue weighted by atomic mass is 9.90. The predicted molar refractivity (Wildman–Crippen MR) is 82.8 cm³/mol. The normalized spacial score (nSPS) is 22.2. The van der Waals surface area contributed by atoms with Crippen LogP contribution >= 0.6 is 11.6 Å². The van der Waals surface area contributed by atoms with Crippen LogP contribution in [0.4, 0.5) is 0 Å². The molecule has 0 bridgehead atoms. The number of likely N-dealkylation sites (tertiary alicyclic amines) is 1. The van der Waals surface area contributed by atoms with Crippen LogP contribution in [0.1, 0.15) is 18.9 Å². The summed E-state index contributed by atoms with van der Waals surface area (Å²) in [6.45, 7) is 7.87. The fourth-order valence-corrected chi connectivity index (χ4v) is 2.79. The Morgan fingerprint density at radius 1 is 1.62 bits per heavy atom. The number of carboxylic acid groups (broad SMARTS) is 1. The van der Waals surface area contributed by atoms with Gasteiger partial charge in [-0.05, 0) is 37.6 Å². The molecule has 1 fully saturated rings. The third-order valence-electron chi connectivity index (χ3n) is 3.83. The monoisotopic (exact) mass is 309 g/mol. The first-order valence-electron chi connectivity index (χ1n) is 6.92. The lowest BCUT2D eigenvalue weighted by Gasteiger charge is -2.20. The minimum atomic E-state index is -0.726. The molecule has 1 N–H and O–H groups in total. The van der Waals surface area contributed by atoms with Crippen LogP contribution in [0.15, 0.2) is 30.9 Å². The van der Waals surface area contributed by atoms with Crippen molar-refractivity contribution in [2.75, 3.05) is 19.7 Å². The summed E-state index contributed by atoms with van der Waals surface area (Å²) in [6, 6.07) is 5.67. The minimum Gasteiger partial charge on any atom is -0.488 e. The van der Waals surface area contributed by atoms with E-state index in [2.05, 4.69) is 11.5 Å². The molecule has 1 aromatic rings. The van der Waals surface area contributed by atoms with Crippen LogP contribution in [0.2, 0.25) is 5.02 Å². The molecular weight excluding hydrogens is 290 g/mol. The zero-order chi connectivity index (χ0) is 15.5. The highest BCUT2D eigenvalue weighted by molar-refractivity contribution is 6.32. The Hall–Kier alpha value is -1.52. The van der Waals surface area contributed by atoms with Gasteiger partial charge in [0.2, 0.25) is 0 Å². The first-order valence-corrected chi connectivity index (χ1v) is 7.30. The highest BCUT2D eigenvalue weighted by Gasteiger charge is 2.40. The lowest BCUT2D eigenvalue weighted by Crippen LogP contribution is -2.31. The number of ether oxygens (including phenoxy) is 1. The summed E-state index contributed by atoms with van der Waals surface area (Å²) in [6.07, 6.45) is 2.35. The van der Waals surface area contributed by atoms with Crippen molar-refractivity contribution >= 4 is 17.6 Å². The topological polar surface area (TPSA) is 49.8 Å². The molecule has 5 heteroatoms. The summed E-state index contributed by atoms with van der Waals surface area (Å²) in [5.74, 6) is -0.0895. The van der Waals surface area contributed by atoms with Crippen LogP contribution in [0.25, 0.3) is 0 Å². The second-order valence-corrected chi connectivity index (χ2v) is 6.10. The molecule has 1 atom stereocenters. The van der Waals surface area contributed by atoms with E-state index in [1.165, 1.54) is 0 Å². The molecule has 1 unspecified atom stereocenters. The smallest absolute Gasteiger partial charge is 0.310 e. The zero-order valence-corrected chi connectivity index (χ0v) is 12.9. The summed E-state index contributed by atoms with van der Waals surface area (Å²) >= 11 is 6.19. The number of carboxylic acids is 1. The van der Waals surface area contributed by atoms with Crippen molar-refractivity contribution in [3.05, 3.63) is 41.4 Å². The molecule has 114 valence electrons. The summed E-state index contributed by atoms with van der Waals surface area (Å²) in [5, 5.41) is 9.81. The van der Waals surface area contributed by atoms with E-state index in [1.807, 2.05) is 18.2 Å². The molecule has 2 rings (SSSR count). The van der Waals surface area contributed by atoms with E-state index < -0.39 is 11.4 Å². The van der Waals surface area contributed by atoms with Crippen LogP contribution in [-0.2, 0) is 11.3 Å². The fourth-order valence-electron chi connectivity index (χ4n) is 2.53. The largest absolute Gasteiger partial charge is 0.488 e. The van der Waals surface area contributed by atoms with Crippen LogP contribution in [0.5, 0.6) is 5.75 Å². The van der Waals surface area contributed by atoms with E-state index in [4.69, 9.17) is 16.3 Å². The van der Waals surface area contributed by atoms with E-state index in [0.29, 0.717) is 36.9 Å². The van der Waals surface area contributed by atoms with Gasteiger partial charge < -0.3 is 9.84 Å². The van der Waals surface area contributed by atoms with E-state index in [-0.39, 0.29) is 0 Å². The number of carbonyl (C=O) groups is 1.